The van der Waals surface area contributed by atoms with Gasteiger partial charge in [0.2, 0.25) is 0 Å². The maximum Gasteiger partial charge on any atom is 0.109 e. The number of aromatic nitrogens is 1. The van der Waals surface area contributed by atoms with E-state index in [1.807, 2.05) is 17.5 Å². The zero-order valence-electron chi connectivity index (χ0n) is 12.8. The first-order valence-electron chi connectivity index (χ1n) is 7.74. The number of rotatable bonds is 4. The Bertz CT molecular complexity index is 386. The molecular weight excluding hydrogens is 252 g/mol. The Morgan fingerprint density at radius 2 is 2.00 bits per heavy atom. The molecule has 1 aliphatic rings. The van der Waals surface area contributed by atoms with Gasteiger partial charge >= 0.3 is 0 Å². The van der Waals surface area contributed by atoms with Crippen LogP contribution >= 0.6 is 11.3 Å². The van der Waals surface area contributed by atoms with Crippen LogP contribution in [0, 0.1) is 18.8 Å². The number of aryl methyl sites for hydroxylation is 1. The van der Waals surface area contributed by atoms with E-state index in [1.165, 1.54) is 42.0 Å². The minimum absolute atomic E-state index is 0.402. The number of hydrogen-bond acceptors (Lipinski definition) is 3. The maximum absolute atomic E-state index is 4.50. The molecular formula is C16H28N2S. The first-order valence-corrected chi connectivity index (χ1v) is 8.56. The zero-order valence-corrected chi connectivity index (χ0v) is 13.6. The van der Waals surface area contributed by atoms with E-state index in [0.717, 1.165) is 11.8 Å². The average Bonchev–Trinajstić information content (AvgIpc) is 2.65. The fourth-order valence-corrected chi connectivity index (χ4v) is 3.95. The third kappa shape index (κ3) is 4.28. The molecule has 0 radical (unpaired) electrons. The van der Waals surface area contributed by atoms with Gasteiger partial charge in [0.25, 0.3) is 0 Å². The molecule has 3 heteroatoms. The molecule has 1 heterocycles. The maximum atomic E-state index is 4.50. The second-order valence-corrected chi connectivity index (χ2v) is 7.67. The van der Waals surface area contributed by atoms with Crippen LogP contribution in [0.2, 0.25) is 0 Å². The van der Waals surface area contributed by atoms with Gasteiger partial charge in [-0.15, -0.1) is 11.3 Å². The number of nitrogens with zero attached hydrogens (tertiary/aromatic N) is 1. The Balaban J connectivity index is 1.86. The highest BCUT2D eigenvalue weighted by Crippen LogP contribution is 2.30. The predicted molar refractivity (Wildman–Crippen MR) is 83.6 cm³/mol. The summed E-state index contributed by atoms with van der Waals surface area (Å²) in [6.07, 6.45) is 8.83. The number of hydrogen-bond donors (Lipinski definition) is 1. The van der Waals surface area contributed by atoms with E-state index in [4.69, 9.17) is 0 Å². The summed E-state index contributed by atoms with van der Waals surface area (Å²) in [5, 5.41) is 5.03. The molecule has 0 spiro atoms. The first kappa shape index (κ1) is 15.0. The van der Waals surface area contributed by atoms with Gasteiger partial charge in [-0.1, -0.05) is 26.7 Å². The predicted octanol–water partition coefficient (Wildman–Crippen LogP) is 4.71. The van der Waals surface area contributed by atoms with Crippen molar-refractivity contribution in [3.05, 3.63) is 16.1 Å². The molecule has 1 aliphatic carbocycles. The summed E-state index contributed by atoms with van der Waals surface area (Å²) in [5.41, 5.74) is 0. The van der Waals surface area contributed by atoms with Crippen LogP contribution in [0.3, 0.4) is 0 Å². The molecule has 0 aromatic carbocycles. The van der Waals surface area contributed by atoms with E-state index >= 15 is 0 Å². The lowest BCUT2D eigenvalue weighted by Crippen LogP contribution is -2.31. The monoisotopic (exact) mass is 280 g/mol. The van der Waals surface area contributed by atoms with Crippen molar-refractivity contribution < 1.29 is 0 Å². The molecule has 2 nitrogen and oxygen atoms in total. The van der Waals surface area contributed by atoms with Crippen molar-refractivity contribution >= 4 is 11.3 Å². The average molecular weight is 280 g/mol. The fraction of sp³-hybridized carbons (Fsp3) is 0.812. The third-order valence-corrected chi connectivity index (χ3v) is 5.55. The summed E-state index contributed by atoms with van der Waals surface area (Å²) < 4.78 is 0. The van der Waals surface area contributed by atoms with Gasteiger partial charge in [0.05, 0.1) is 6.04 Å². The van der Waals surface area contributed by atoms with Crippen molar-refractivity contribution in [3.63, 3.8) is 0 Å². The number of nitrogens with one attached hydrogen (secondary N) is 1. The van der Waals surface area contributed by atoms with Gasteiger partial charge < -0.3 is 5.32 Å². The third-order valence-electron chi connectivity index (χ3n) is 4.45. The molecule has 1 aromatic heterocycles. The van der Waals surface area contributed by atoms with Crippen LogP contribution in [-0.4, -0.2) is 11.0 Å². The van der Waals surface area contributed by atoms with Crippen LogP contribution in [0.5, 0.6) is 0 Å². The topological polar surface area (TPSA) is 24.9 Å². The van der Waals surface area contributed by atoms with E-state index in [0.29, 0.717) is 12.1 Å². The smallest absolute Gasteiger partial charge is 0.109 e. The first-order chi connectivity index (χ1) is 9.06. The molecule has 1 saturated carbocycles. The van der Waals surface area contributed by atoms with Gasteiger partial charge in [-0.25, -0.2) is 4.98 Å². The summed E-state index contributed by atoms with van der Waals surface area (Å²) in [6, 6.07) is 1.09. The summed E-state index contributed by atoms with van der Waals surface area (Å²) in [5.74, 6) is 1.78. The van der Waals surface area contributed by atoms with Crippen molar-refractivity contribution in [2.45, 2.75) is 71.9 Å². The molecule has 0 aliphatic heterocycles. The Morgan fingerprint density at radius 1 is 1.21 bits per heavy atom. The van der Waals surface area contributed by atoms with Gasteiger partial charge in [-0.2, -0.15) is 0 Å². The van der Waals surface area contributed by atoms with Crippen LogP contribution in [0.1, 0.15) is 68.8 Å². The van der Waals surface area contributed by atoms with E-state index < -0.39 is 0 Å². The van der Waals surface area contributed by atoms with Crippen molar-refractivity contribution in [2.24, 2.45) is 11.8 Å². The van der Waals surface area contributed by atoms with Gasteiger partial charge in [-0.05, 0) is 44.9 Å². The van der Waals surface area contributed by atoms with Crippen LogP contribution in [0.4, 0.5) is 0 Å². The Labute approximate surface area is 122 Å². The lowest BCUT2D eigenvalue weighted by atomic mass is 9.89. The Kier molecular flexibility index (Phi) is 5.40. The van der Waals surface area contributed by atoms with E-state index in [1.54, 1.807) is 0 Å². The quantitative estimate of drug-likeness (QED) is 0.808. The molecule has 19 heavy (non-hydrogen) atoms. The molecule has 1 aromatic rings. The van der Waals surface area contributed by atoms with E-state index in [-0.39, 0.29) is 0 Å². The molecule has 2 rings (SSSR count). The van der Waals surface area contributed by atoms with E-state index in [2.05, 4.69) is 38.0 Å². The second-order valence-electron chi connectivity index (χ2n) is 6.41. The Hall–Kier alpha value is -0.410. The SMILES string of the molecule is Cc1cnc(C(C)NC2CCCC(C(C)C)CC2)s1. The number of thiazole rings is 1. The molecule has 1 fully saturated rings. The van der Waals surface area contributed by atoms with Gasteiger partial charge in [0, 0.05) is 17.1 Å². The van der Waals surface area contributed by atoms with Crippen LogP contribution in [0.25, 0.3) is 0 Å². The summed E-state index contributed by atoms with van der Waals surface area (Å²) in [6.45, 7) is 9.13. The lowest BCUT2D eigenvalue weighted by molar-refractivity contribution is 0.335. The van der Waals surface area contributed by atoms with Crippen LogP contribution in [0.15, 0.2) is 6.20 Å². The largest absolute Gasteiger partial charge is 0.305 e. The fourth-order valence-electron chi connectivity index (χ4n) is 3.16. The van der Waals surface area contributed by atoms with Gasteiger partial charge in [0.1, 0.15) is 5.01 Å². The molecule has 0 saturated heterocycles. The minimum Gasteiger partial charge on any atom is -0.305 e. The second kappa shape index (κ2) is 6.85. The highest BCUT2D eigenvalue weighted by Gasteiger charge is 2.22. The highest BCUT2D eigenvalue weighted by molar-refractivity contribution is 7.11. The highest BCUT2D eigenvalue weighted by atomic mass is 32.1. The van der Waals surface area contributed by atoms with Crippen molar-refractivity contribution in [2.75, 3.05) is 0 Å². The normalized spacial score (nSPS) is 26.4. The van der Waals surface area contributed by atoms with E-state index in [9.17, 15) is 0 Å². The summed E-state index contributed by atoms with van der Waals surface area (Å²) >= 11 is 1.82. The van der Waals surface area contributed by atoms with Crippen molar-refractivity contribution in [1.29, 1.82) is 0 Å². The summed E-state index contributed by atoms with van der Waals surface area (Å²) in [7, 11) is 0. The van der Waals surface area contributed by atoms with Crippen molar-refractivity contribution in [3.8, 4) is 0 Å². The van der Waals surface area contributed by atoms with Gasteiger partial charge in [-0.3, -0.25) is 0 Å². The standard InChI is InChI=1S/C16H28N2S/c1-11(2)14-6-5-7-15(9-8-14)18-13(4)16-17-10-12(3)19-16/h10-11,13-15,18H,5-9H2,1-4H3. The minimum atomic E-state index is 0.402. The molecule has 0 bridgehead atoms. The molecule has 108 valence electrons. The lowest BCUT2D eigenvalue weighted by Gasteiger charge is -2.21. The van der Waals surface area contributed by atoms with Crippen LogP contribution < -0.4 is 5.32 Å². The van der Waals surface area contributed by atoms with Crippen LogP contribution in [-0.2, 0) is 0 Å². The molecule has 3 unspecified atom stereocenters. The van der Waals surface area contributed by atoms with Gasteiger partial charge in [0.15, 0.2) is 0 Å². The van der Waals surface area contributed by atoms with Crippen molar-refractivity contribution in [1.82, 2.24) is 10.3 Å². The molecule has 1 N–H and O–H groups in total. The molecule has 0 amide bonds. The zero-order chi connectivity index (χ0) is 13.8. The molecule has 3 atom stereocenters. The summed E-state index contributed by atoms with van der Waals surface area (Å²) in [4.78, 5) is 5.81. The Morgan fingerprint density at radius 3 is 2.63 bits per heavy atom.